The molecule has 0 fully saturated rings. The van der Waals surface area contributed by atoms with Gasteiger partial charge in [-0.25, -0.2) is 0 Å². The normalized spacial score (nSPS) is 12.2. The van der Waals surface area contributed by atoms with Crippen molar-refractivity contribution in [1.82, 2.24) is 5.43 Å². The smallest absolute Gasteiger partial charge is 0.137 e. The first-order chi connectivity index (χ1) is 10.2. The molecule has 0 aliphatic rings. The molecule has 0 spiro atoms. The van der Waals surface area contributed by atoms with Gasteiger partial charge in [-0.1, -0.05) is 41.4 Å². The Bertz CT molecular complexity index is 610. The highest BCUT2D eigenvalue weighted by atomic mass is 35.5. The quantitative estimate of drug-likeness (QED) is 0.466. The highest BCUT2D eigenvalue weighted by molar-refractivity contribution is 7.99. The van der Waals surface area contributed by atoms with Crippen LogP contribution in [-0.4, -0.2) is 12.9 Å². The van der Waals surface area contributed by atoms with E-state index in [0.29, 0.717) is 10.8 Å². The number of hydrogen-bond acceptors (Lipinski definition) is 4. The van der Waals surface area contributed by atoms with Gasteiger partial charge in [-0.15, -0.1) is 11.8 Å². The van der Waals surface area contributed by atoms with Crippen LogP contribution in [0.15, 0.2) is 47.4 Å². The maximum atomic E-state index is 6.16. The van der Waals surface area contributed by atoms with Gasteiger partial charge in [-0.2, -0.15) is 0 Å². The summed E-state index contributed by atoms with van der Waals surface area (Å²) in [6.07, 6.45) is 0. The molecule has 3 N–H and O–H groups in total. The molecular weight excluding hydrogens is 327 g/mol. The summed E-state index contributed by atoms with van der Waals surface area (Å²) in [5, 5.41) is 1.32. The van der Waals surface area contributed by atoms with Crippen LogP contribution in [0.2, 0.25) is 10.0 Å². The van der Waals surface area contributed by atoms with Gasteiger partial charge in [0.25, 0.3) is 0 Å². The third-order valence-corrected chi connectivity index (χ3v) is 4.94. The van der Waals surface area contributed by atoms with Crippen LogP contribution >= 0.6 is 35.0 Å². The van der Waals surface area contributed by atoms with Crippen LogP contribution in [0.4, 0.5) is 0 Å². The van der Waals surface area contributed by atoms with E-state index in [1.165, 1.54) is 0 Å². The highest BCUT2D eigenvalue weighted by Crippen LogP contribution is 2.32. The molecule has 1 atom stereocenters. The van der Waals surface area contributed by atoms with Crippen molar-refractivity contribution >= 4 is 35.0 Å². The molecule has 3 nitrogen and oxygen atoms in total. The zero-order valence-corrected chi connectivity index (χ0v) is 13.8. The number of methoxy groups -OCH3 is 1. The van der Waals surface area contributed by atoms with E-state index in [-0.39, 0.29) is 6.04 Å². The SMILES string of the molecule is COc1cc(C(CSc2ccccc2Cl)NN)ccc1Cl. The summed E-state index contributed by atoms with van der Waals surface area (Å²) in [5.41, 5.74) is 3.83. The minimum absolute atomic E-state index is 0.0301. The largest absolute Gasteiger partial charge is 0.495 e. The molecule has 0 aromatic heterocycles. The van der Waals surface area contributed by atoms with E-state index in [9.17, 15) is 0 Å². The van der Waals surface area contributed by atoms with Gasteiger partial charge in [0.1, 0.15) is 5.75 Å². The summed E-state index contributed by atoms with van der Waals surface area (Å²) >= 11 is 13.8. The third-order valence-electron chi connectivity index (χ3n) is 3.02. The second kappa shape index (κ2) is 7.92. The van der Waals surface area contributed by atoms with E-state index < -0.39 is 0 Å². The Labute approximate surface area is 138 Å². The molecule has 0 aliphatic carbocycles. The Morgan fingerprint density at radius 3 is 2.62 bits per heavy atom. The van der Waals surface area contributed by atoms with Crippen LogP contribution in [-0.2, 0) is 0 Å². The number of halogens is 2. The van der Waals surface area contributed by atoms with Crippen LogP contribution < -0.4 is 16.0 Å². The lowest BCUT2D eigenvalue weighted by molar-refractivity contribution is 0.413. The second-order valence-electron chi connectivity index (χ2n) is 4.35. The molecule has 2 aromatic rings. The second-order valence-corrected chi connectivity index (χ2v) is 6.23. The van der Waals surface area contributed by atoms with Crippen LogP contribution in [0.25, 0.3) is 0 Å². The summed E-state index contributed by atoms with van der Waals surface area (Å²) < 4.78 is 5.23. The molecule has 2 rings (SSSR count). The highest BCUT2D eigenvalue weighted by Gasteiger charge is 2.13. The number of rotatable bonds is 6. The summed E-state index contributed by atoms with van der Waals surface area (Å²) in [4.78, 5) is 1.03. The average molecular weight is 343 g/mol. The molecule has 6 heteroatoms. The predicted molar refractivity (Wildman–Crippen MR) is 90.2 cm³/mol. The molecule has 1 unspecified atom stereocenters. The zero-order valence-electron chi connectivity index (χ0n) is 11.5. The van der Waals surface area contributed by atoms with Crippen LogP contribution in [0.5, 0.6) is 5.75 Å². The van der Waals surface area contributed by atoms with E-state index >= 15 is 0 Å². The van der Waals surface area contributed by atoms with Crippen molar-refractivity contribution in [2.45, 2.75) is 10.9 Å². The molecular formula is C15H16Cl2N2OS. The van der Waals surface area contributed by atoms with Gasteiger partial charge >= 0.3 is 0 Å². The predicted octanol–water partition coefficient (Wildman–Crippen LogP) is 4.30. The van der Waals surface area contributed by atoms with Gasteiger partial charge in [0.15, 0.2) is 0 Å². The Morgan fingerprint density at radius 2 is 1.95 bits per heavy atom. The lowest BCUT2D eigenvalue weighted by Crippen LogP contribution is -2.29. The molecule has 0 amide bonds. The van der Waals surface area contributed by atoms with Crippen molar-refractivity contribution in [3.8, 4) is 5.75 Å². The van der Waals surface area contributed by atoms with E-state index in [2.05, 4.69) is 5.43 Å². The van der Waals surface area contributed by atoms with Gasteiger partial charge in [-0.3, -0.25) is 11.3 Å². The molecule has 0 saturated carbocycles. The monoisotopic (exact) mass is 342 g/mol. The first-order valence-electron chi connectivity index (χ1n) is 6.32. The maximum absolute atomic E-state index is 6.16. The molecule has 2 aromatic carbocycles. The van der Waals surface area contributed by atoms with Gasteiger partial charge in [0.2, 0.25) is 0 Å². The first-order valence-corrected chi connectivity index (χ1v) is 8.06. The number of hydrazine groups is 1. The van der Waals surface area contributed by atoms with Crippen LogP contribution in [0.3, 0.4) is 0 Å². The van der Waals surface area contributed by atoms with E-state index in [0.717, 1.165) is 21.2 Å². The fraction of sp³-hybridized carbons (Fsp3) is 0.200. The van der Waals surface area contributed by atoms with E-state index in [1.807, 2.05) is 36.4 Å². The lowest BCUT2D eigenvalue weighted by Gasteiger charge is -2.17. The summed E-state index contributed by atoms with van der Waals surface area (Å²) in [5.74, 6) is 7.04. The maximum Gasteiger partial charge on any atom is 0.137 e. The molecule has 0 saturated heterocycles. The fourth-order valence-electron chi connectivity index (χ4n) is 1.87. The van der Waals surface area contributed by atoms with Crippen molar-refractivity contribution in [1.29, 1.82) is 0 Å². The average Bonchev–Trinajstić information content (AvgIpc) is 2.51. The van der Waals surface area contributed by atoms with Crippen LogP contribution in [0.1, 0.15) is 11.6 Å². The standard InChI is InChI=1S/C15H16Cl2N2OS/c1-20-14-8-10(6-7-11(14)16)13(19-18)9-21-15-5-3-2-4-12(15)17/h2-8,13,19H,9,18H2,1H3. The number of hydrogen-bond donors (Lipinski definition) is 2. The minimum Gasteiger partial charge on any atom is -0.495 e. The first kappa shape index (κ1) is 16.5. The third kappa shape index (κ3) is 4.28. The summed E-state index contributed by atoms with van der Waals surface area (Å²) in [7, 11) is 1.59. The zero-order chi connectivity index (χ0) is 15.2. The summed E-state index contributed by atoms with van der Waals surface area (Å²) in [6, 6.07) is 13.3. The lowest BCUT2D eigenvalue weighted by atomic mass is 10.1. The number of nitrogens with one attached hydrogen (secondary N) is 1. The molecule has 21 heavy (non-hydrogen) atoms. The topological polar surface area (TPSA) is 47.3 Å². The Hall–Kier alpha value is -0.910. The van der Waals surface area contributed by atoms with Crippen molar-refractivity contribution in [2.24, 2.45) is 5.84 Å². The molecule has 0 heterocycles. The molecule has 0 aliphatic heterocycles. The minimum atomic E-state index is -0.0301. The number of benzene rings is 2. The number of ether oxygens (including phenoxy) is 1. The van der Waals surface area contributed by atoms with Gasteiger partial charge in [-0.05, 0) is 29.8 Å². The van der Waals surface area contributed by atoms with Crippen molar-refractivity contribution in [3.05, 3.63) is 58.1 Å². The van der Waals surface area contributed by atoms with Crippen molar-refractivity contribution in [3.63, 3.8) is 0 Å². The van der Waals surface area contributed by atoms with Gasteiger partial charge in [0.05, 0.1) is 23.2 Å². The van der Waals surface area contributed by atoms with E-state index in [1.54, 1.807) is 24.9 Å². The molecule has 112 valence electrons. The van der Waals surface area contributed by atoms with Crippen molar-refractivity contribution < 1.29 is 4.74 Å². The van der Waals surface area contributed by atoms with Gasteiger partial charge in [0, 0.05) is 10.6 Å². The van der Waals surface area contributed by atoms with Crippen molar-refractivity contribution in [2.75, 3.05) is 12.9 Å². The molecule has 0 bridgehead atoms. The number of nitrogens with two attached hydrogens (primary N) is 1. The Balaban J connectivity index is 2.11. The Morgan fingerprint density at radius 1 is 1.19 bits per heavy atom. The molecule has 0 radical (unpaired) electrons. The fourth-order valence-corrected chi connectivity index (χ4v) is 3.38. The van der Waals surface area contributed by atoms with Crippen LogP contribution in [0, 0.1) is 0 Å². The van der Waals surface area contributed by atoms with E-state index in [4.69, 9.17) is 33.8 Å². The summed E-state index contributed by atoms with van der Waals surface area (Å²) in [6.45, 7) is 0. The van der Waals surface area contributed by atoms with Gasteiger partial charge < -0.3 is 4.74 Å². The number of thioether (sulfide) groups is 1. The Kier molecular flexibility index (Phi) is 6.21.